The van der Waals surface area contributed by atoms with E-state index in [4.69, 9.17) is 21.1 Å². The van der Waals surface area contributed by atoms with Gasteiger partial charge >= 0.3 is 23.9 Å². The third-order valence-electron chi connectivity index (χ3n) is 5.46. The predicted molar refractivity (Wildman–Crippen MR) is 146 cm³/mol. The van der Waals surface area contributed by atoms with E-state index in [-0.39, 0.29) is 18.1 Å². The van der Waals surface area contributed by atoms with Gasteiger partial charge in [0.1, 0.15) is 6.42 Å². The number of aryl methyl sites for hydroxylation is 2. The number of Topliss-reactive ketones (excluding diaryl/α,β-unsaturated/α-hetero) is 1. The largest absolute Gasteiger partial charge is 0.423 e. The second kappa shape index (κ2) is 14.0. The standard InChI is InChI=1S/C15H16O5.C9H9ClO.C6H8O4/c1-9-4-6-10(7-5-9)8-11(16)12-13(17)19-15(2,3)20-14(12)18;1-7-2-4-8(5-3-7)6-9(10)11;1-6(2)9-4(7)3-5(8)10-6/h4-7,12H,8H2,1-3H3;2-5H,6H2,1H3;3H2,1-2H3. The number of ether oxygens (including phenoxy) is 4. The van der Waals surface area contributed by atoms with Crippen LogP contribution in [0.25, 0.3) is 0 Å². The first-order chi connectivity index (χ1) is 19.0. The lowest BCUT2D eigenvalue weighted by atomic mass is 9.96. The third-order valence-corrected chi connectivity index (χ3v) is 5.59. The van der Waals surface area contributed by atoms with E-state index in [2.05, 4.69) is 9.47 Å². The van der Waals surface area contributed by atoms with Crippen molar-refractivity contribution in [1.82, 2.24) is 0 Å². The minimum Gasteiger partial charge on any atom is -0.423 e. The van der Waals surface area contributed by atoms with Gasteiger partial charge in [0, 0.05) is 40.5 Å². The lowest BCUT2D eigenvalue weighted by Gasteiger charge is -2.32. The van der Waals surface area contributed by atoms with Gasteiger partial charge in [0.05, 0.1) is 0 Å². The number of benzene rings is 2. The Morgan fingerprint density at radius 1 is 0.683 bits per heavy atom. The minimum atomic E-state index is -1.48. The highest BCUT2D eigenvalue weighted by Gasteiger charge is 2.46. The van der Waals surface area contributed by atoms with E-state index in [0.29, 0.717) is 6.42 Å². The fourth-order valence-electron chi connectivity index (χ4n) is 3.62. The number of halogens is 1. The molecular weight excluding hydrogens is 556 g/mol. The summed E-state index contributed by atoms with van der Waals surface area (Å²) in [6.07, 6.45) is 0.0425. The molecule has 0 atom stereocenters. The number of carbonyl (C=O) groups is 6. The Labute approximate surface area is 243 Å². The maximum absolute atomic E-state index is 12.1. The number of ketones is 1. The molecule has 2 aromatic rings. The monoisotopic (exact) mass is 588 g/mol. The Balaban J connectivity index is 0.000000236. The summed E-state index contributed by atoms with van der Waals surface area (Å²) < 4.78 is 19.2. The summed E-state index contributed by atoms with van der Waals surface area (Å²) in [5.74, 6) is -7.13. The first-order valence-corrected chi connectivity index (χ1v) is 13.1. The molecule has 2 saturated heterocycles. The molecule has 2 fully saturated rings. The molecule has 41 heavy (non-hydrogen) atoms. The normalized spacial score (nSPS) is 17.2. The van der Waals surface area contributed by atoms with Crippen LogP contribution in [0.3, 0.4) is 0 Å². The smallest absolute Gasteiger partial charge is 0.331 e. The Hall–Kier alpha value is -4.05. The zero-order valence-corrected chi connectivity index (χ0v) is 24.5. The minimum absolute atomic E-state index is 0.00439. The number of carbonyl (C=O) groups excluding carboxylic acids is 6. The summed E-state index contributed by atoms with van der Waals surface area (Å²) in [6.45, 7) is 9.87. The Kier molecular flexibility index (Phi) is 11.3. The molecule has 0 aromatic heterocycles. The lowest BCUT2D eigenvalue weighted by Crippen LogP contribution is -2.49. The van der Waals surface area contributed by atoms with E-state index in [9.17, 15) is 28.8 Å². The maximum Gasteiger partial charge on any atom is 0.331 e. The summed E-state index contributed by atoms with van der Waals surface area (Å²) in [7, 11) is 0. The van der Waals surface area contributed by atoms with Crippen molar-refractivity contribution in [2.45, 2.75) is 72.4 Å². The summed E-state index contributed by atoms with van der Waals surface area (Å²) in [6, 6.07) is 15.1. The molecule has 0 radical (unpaired) electrons. The number of esters is 4. The number of hydrogen-bond acceptors (Lipinski definition) is 10. The summed E-state index contributed by atoms with van der Waals surface area (Å²) in [5, 5.41) is -0.311. The van der Waals surface area contributed by atoms with Crippen LogP contribution in [0.2, 0.25) is 0 Å². The molecule has 0 amide bonds. The maximum atomic E-state index is 12.1. The zero-order chi connectivity index (χ0) is 31.0. The highest BCUT2D eigenvalue weighted by atomic mass is 35.5. The molecule has 2 heterocycles. The van der Waals surface area contributed by atoms with Crippen molar-refractivity contribution in [3.63, 3.8) is 0 Å². The molecule has 0 spiro atoms. The number of hydrogen-bond donors (Lipinski definition) is 0. The van der Waals surface area contributed by atoms with Crippen LogP contribution in [0.15, 0.2) is 48.5 Å². The second-order valence-electron chi connectivity index (χ2n) is 10.3. The Morgan fingerprint density at radius 3 is 1.41 bits per heavy atom. The molecule has 10 nitrogen and oxygen atoms in total. The fourth-order valence-corrected chi connectivity index (χ4v) is 3.77. The quantitative estimate of drug-likeness (QED) is 0.285. The van der Waals surface area contributed by atoms with E-state index in [0.717, 1.165) is 16.7 Å². The van der Waals surface area contributed by atoms with E-state index in [1.807, 2.05) is 50.2 Å². The van der Waals surface area contributed by atoms with Crippen molar-refractivity contribution in [2.24, 2.45) is 5.92 Å². The predicted octanol–water partition coefficient (Wildman–Crippen LogP) is 4.07. The van der Waals surface area contributed by atoms with Gasteiger partial charge in [0.2, 0.25) is 11.2 Å². The SMILES string of the molecule is CC1(C)OC(=O)CC(=O)O1.Cc1ccc(CC(=O)C2C(=O)OC(C)(C)OC2=O)cc1.Cc1ccc(CC(=O)Cl)cc1. The van der Waals surface area contributed by atoms with Gasteiger partial charge in [-0.3, -0.25) is 28.8 Å². The van der Waals surface area contributed by atoms with Crippen LogP contribution in [0, 0.1) is 19.8 Å². The van der Waals surface area contributed by atoms with Gasteiger partial charge in [-0.2, -0.15) is 0 Å². The van der Waals surface area contributed by atoms with Crippen molar-refractivity contribution in [2.75, 3.05) is 0 Å². The van der Waals surface area contributed by atoms with E-state index < -0.39 is 47.2 Å². The van der Waals surface area contributed by atoms with Gasteiger partial charge in [0.25, 0.3) is 11.6 Å². The van der Waals surface area contributed by atoms with Crippen molar-refractivity contribution < 1.29 is 47.7 Å². The Bertz CT molecular complexity index is 1260. The van der Waals surface area contributed by atoms with Crippen LogP contribution in [0.1, 0.15) is 56.4 Å². The van der Waals surface area contributed by atoms with Crippen LogP contribution < -0.4 is 0 Å². The average molecular weight is 589 g/mol. The molecule has 2 aromatic carbocycles. The highest BCUT2D eigenvalue weighted by Crippen LogP contribution is 2.24. The number of cyclic esters (lactones) is 4. The second-order valence-corrected chi connectivity index (χ2v) is 10.8. The van der Waals surface area contributed by atoms with Crippen LogP contribution >= 0.6 is 11.6 Å². The topological polar surface area (TPSA) is 139 Å². The fraction of sp³-hybridized carbons (Fsp3) is 0.400. The van der Waals surface area contributed by atoms with Crippen LogP contribution in [-0.2, 0) is 60.6 Å². The van der Waals surface area contributed by atoms with Gasteiger partial charge < -0.3 is 18.9 Å². The van der Waals surface area contributed by atoms with Crippen LogP contribution in [0.4, 0.5) is 0 Å². The zero-order valence-electron chi connectivity index (χ0n) is 23.8. The molecule has 0 N–H and O–H groups in total. The molecule has 0 bridgehead atoms. The molecule has 4 rings (SSSR count). The molecule has 0 aliphatic carbocycles. The first kappa shape index (κ1) is 33.2. The lowest BCUT2D eigenvalue weighted by molar-refractivity contribution is -0.239. The third kappa shape index (κ3) is 11.5. The summed E-state index contributed by atoms with van der Waals surface area (Å²) >= 11 is 5.21. The molecule has 2 aliphatic rings. The number of rotatable bonds is 5. The molecular formula is C30H33ClO10. The molecule has 0 saturated carbocycles. The molecule has 220 valence electrons. The van der Waals surface area contributed by atoms with E-state index in [1.165, 1.54) is 33.3 Å². The first-order valence-electron chi connectivity index (χ1n) is 12.7. The summed E-state index contributed by atoms with van der Waals surface area (Å²) in [4.78, 5) is 67.2. The van der Waals surface area contributed by atoms with E-state index in [1.54, 1.807) is 12.1 Å². The highest BCUT2D eigenvalue weighted by molar-refractivity contribution is 6.63. The van der Waals surface area contributed by atoms with Crippen molar-refractivity contribution in [3.8, 4) is 0 Å². The van der Waals surface area contributed by atoms with E-state index >= 15 is 0 Å². The summed E-state index contributed by atoms with van der Waals surface area (Å²) in [5.41, 5.74) is 3.97. The molecule has 11 heteroatoms. The average Bonchev–Trinajstić information content (AvgIpc) is 2.80. The molecule has 2 aliphatic heterocycles. The molecule has 0 unspecified atom stereocenters. The van der Waals surface area contributed by atoms with Crippen molar-refractivity contribution in [1.29, 1.82) is 0 Å². The van der Waals surface area contributed by atoms with Gasteiger partial charge in [-0.05, 0) is 36.6 Å². The van der Waals surface area contributed by atoms with Crippen molar-refractivity contribution >= 4 is 46.5 Å². The van der Waals surface area contributed by atoms with Gasteiger partial charge in [-0.15, -0.1) is 0 Å². The van der Waals surface area contributed by atoms with Crippen LogP contribution in [0.5, 0.6) is 0 Å². The van der Waals surface area contributed by atoms with Gasteiger partial charge in [-0.1, -0.05) is 59.7 Å². The van der Waals surface area contributed by atoms with Crippen molar-refractivity contribution in [3.05, 3.63) is 70.8 Å². The van der Waals surface area contributed by atoms with Gasteiger partial charge in [0.15, 0.2) is 5.78 Å². The Morgan fingerprint density at radius 2 is 1.05 bits per heavy atom. The van der Waals surface area contributed by atoms with Crippen LogP contribution in [-0.4, -0.2) is 46.5 Å². The van der Waals surface area contributed by atoms with Gasteiger partial charge in [-0.25, -0.2) is 0 Å².